The van der Waals surface area contributed by atoms with Gasteiger partial charge in [-0.1, -0.05) is 37.3 Å². The Morgan fingerprint density at radius 1 is 1.00 bits per heavy atom. The summed E-state index contributed by atoms with van der Waals surface area (Å²) in [7, 11) is 0. The first-order valence-corrected chi connectivity index (χ1v) is 7.21. The Bertz CT molecular complexity index is 519. The van der Waals surface area contributed by atoms with Crippen LogP contribution >= 0.6 is 0 Å². The number of rotatable bonds is 5. The first kappa shape index (κ1) is 13.2. The van der Waals surface area contributed by atoms with Gasteiger partial charge >= 0.3 is 0 Å². The lowest BCUT2D eigenvalue weighted by Crippen LogP contribution is -2.83. The Kier molecular flexibility index (Phi) is 3.04. The molecule has 4 rings (SSSR count). The first-order chi connectivity index (χ1) is 9.55. The van der Waals surface area contributed by atoms with Crippen LogP contribution in [0.3, 0.4) is 0 Å². The van der Waals surface area contributed by atoms with Gasteiger partial charge in [0.1, 0.15) is 0 Å². The molecule has 2 bridgehead atoms. The van der Waals surface area contributed by atoms with Crippen LogP contribution in [-0.4, -0.2) is 22.9 Å². The number of hydrogen-bond acceptors (Lipinski definition) is 2. The Balaban J connectivity index is 1.48. The largest absolute Gasteiger partial charge is 0.350 e. The summed E-state index contributed by atoms with van der Waals surface area (Å²) in [6.45, 7) is 1.86. The molecule has 0 aromatic heterocycles. The quantitative estimate of drug-likeness (QED) is 0.854. The van der Waals surface area contributed by atoms with E-state index in [2.05, 4.69) is 10.6 Å². The molecule has 0 saturated heterocycles. The zero-order valence-corrected chi connectivity index (χ0v) is 11.7. The summed E-state index contributed by atoms with van der Waals surface area (Å²) in [5.74, 6) is 0.181. The summed E-state index contributed by atoms with van der Waals surface area (Å²) in [6, 6.07) is 9.76. The maximum atomic E-state index is 12.0. The van der Waals surface area contributed by atoms with Gasteiger partial charge < -0.3 is 10.6 Å². The maximum absolute atomic E-state index is 12.0. The van der Waals surface area contributed by atoms with E-state index in [4.69, 9.17) is 0 Å². The van der Waals surface area contributed by atoms with E-state index in [1.165, 1.54) is 0 Å². The van der Waals surface area contributed by atoms with Gasteiger partial charge in [0.25, 0.3) is 0 Å². The molecule has 0 heterocycles. The smallest absolute Gasteiger partial charge is 0.224 e. The highest BCUT2D eigenvalue weighted by atomic mass is 16.2. The van der Waals surface area contributed by atoms with Crippen LogP contribution in [0.5, 0.6) is 0 Å². The highest BCUT2D eigenvalue weighted by Crippen LogP contribution is 2.60. The van der Waals surface area contributed by atoms with E-state index in [1.54, 1.807) is 0 Å². The van der Waals surface area contributed by atoms with Crippen molar-refractivity contribution in [3.63, 3.8) is 0 Å². The van der Waals surface area contributed by atoms with Crippen molar-refractivity contribution in [1.82, 2.24) is 10.6 Å². The second kappa shape index (κ2) is 4.62. The fourth-order valence-corrected chi connectivity index (χ4v) is 3.56. The van der Waals surface area contributed by atoms with Crippen molar-refractivity contribution >= 4 is 11.8 Å². The molecular formula is C16H20N2O2. The van der Waals surface area contributed by atoms with E-state index in [-0.39, 0.29) is 22.9 Å². The normalized spacial score (nSPS) is 29.9. The summed E-state index contributed by atoms with van der Waals surface area (Å²) in [6.07, 6.45) is 3.59. The molecule has 4 heteroatoms. The van der Waals surface area contributed by atoms with Gasteiger partial charge in [-0.05, 0) is 24.8 Å². The van der Waals surface area contributed by atoms with E-state index in [9.17, 15) is 9.59 Å². The van der Waals surface area contributed by atoms with Crippen LogP contribution in [0.15, 0.2) is 30.3 Å². The molecule has 3 aliphatic rings. The third-order valence-electron chi connectivity index (χ3n) is 4.37. The van der Waals surface area contributed by atoms with Crippen molar-refractivity contribution in [1.29, 1.82) is 0 Å². The molecule has 3 aliphatic carbocycles. The molecular weight excluding hydrogens is 252 g/mol. The molecule has 1 aromatic carbocycles. The highest BCUT2D eigenvalue weighted by molar-refractivity contribution is 5.81. The average Bonchev–Trinajstić information content (AvgIpc) is 2.35. The number of amides is 2. The second-order valence-electron chi connectivity index (χ2n) is 6.20. The molecule has 20 heavy (non-hydrogen) atoms. The van der Waals surface area contributed by atoms with Crippen molar-refractivity contribution in [2.75, 3.05) is 0 Å². The Morgan fingerprint density at radius 2 is 1.55 bits per heavy atom. The van der Waals surface area contributed by atoms with Gasteiger partial charge in [-0.15, -0.1) is 0 Å². The Morgan fingerprint density at radius 3 is 2.10 bits per heavy atom. The molecule has 2 amide bonds. The van der Waals surface area contributed by atoms with Crippen molar-refractivity contribution in [2.24, 2.45) is 0 Å². The van der Waals surface area contributed by atoms with E-state index >= 15 is 0 Å². The van der Waals surface area contributed by atoms with Gasteiger partial charge in [-0.25, -0.2) is 0 Å². The summed E-state index contributed by atoms with van der Waals surface area (Å²) in [5.41, 5.74) is 0.964. The lowest BCUT2D eigenvalue weighted by atomic mass is 9.44. The number of hydrogen-bond donors (Lipinski definition) is 2. The molecule has 4 nitrogen and oxygen atoms in total. The number of benzene rings is 1. The van der Waals surface area contributed by atoms with Gasteiger partial charge in [0.15, 0.2) is 0 Å². The van der Waals surface area contributed by atoms with Gasteiger partial charge in [0.05, 0.1) is 6.42 Å². The number of nitrogens with one attached hydrogen (secondary N) is 2. The topological polar surface area (TPSA) is 58.2 Å². The first-order valence-electron chi connectivity index (χ1n) is 7.21. The van der Waals surface area contributed by atoms with Gasteiger partial charge in [-0.2, -0.15) is 0 Å². The molecule has 0 atom stereocenters. The van der Waals surface area contributed by atoms with Crippen molar-refractivity contribution < 1.29 is 9.59 Å². The predicted molar refractivity (Wildman–Crippen MR) is 76.0 cm³/mol. The van der Waals surface area contributed by atoms with E-state index in [0.717, 1.165) is 24.8 Å². The SMILES string of the molecule is CCC(=O)NC12CC(NC(=O)Cc3ccccc3)(C1)C2. The standard InChI is InChI=1S/C16H20N2O2/c1-2-13(19)17-15-9-16(10-15,11-15)18-14(20)8-12-6-4-3-5-7-12/h3-7H,2,8-11H2,1H3,(H,17,19)(H,18,20). The number of carbonyl (C=O) groups excluding carboxylic acids is 2. The zero-order valence-electron chi connectivity index (χ0n) is 11.7. The van der Waals surface area contributed by atoms with Crippen molar-refractivity contribution in [2.45, 2.75) is 50.1 Å². The van der Waals surface area contributed by atoms with Gasteiger partial charge in [0.2, 0.25) is 11.8 Å². The Hall–Kier alpha value is -1.84. The minimum Gasteiger partial charge on any atom is -0.350 e. The molecule has 0 spiro atoms. The minimum absolute atomic E-state index is 0.0207. The molecule has 3 saturated carbocycles. The van der Waals surface area contributed by atoms with Crippen LogP contribution in [0.25, 0.3) is 0 Å². The van der Waals surface area contributed by atoms with Crippen LogP contribution < -0.4 is 10.6 Å². The second-order valence-corrected chi connectivity index (χ2v) is 6.20. The third-order valence-corrected chi connectivity index (χ3v) is 4.37. The van der Waals surface area contributed by atoms with Crippen LogP contribution in [0.1, 0.15) is 38.2 Å². The van der Waals surface area contributed by atoms with Crippen LogP contribution in [0, 0.1) is 0 Å². The number of carbonyl (C=O) groups is 2. The molecule has 2 N–H and O–H groups in total. The fraction of sp³-hybridized carbons (Fsp3) is 0.500. The van der Waals surface area contributed by atoms with E-state index in [0.29, 0.717) is 12.8 Å². The molecule has 3 fully saturated rings. The molecule has 0 aliphatic heterocycles. The van der Waals surface area contributed by atoms with E-state index < -0.39 is 0 Å². The van der Waals surface area contributed by atoms with Crippen LogP contribution in [0.4, 0.5) is 0 Å². The molecule has 0 unspecified atom stereocenters. The Labute approximate surface area is 118 Å². The average molecular weight is 272 g/mol. The summed E-state index contributed by atoms with van der Waals surface area (Å²) < 4.78 is 0. The van der Waals surface area contributed by atoms with Gasteiger partial charge in [-0.3, -0.25) is 9.59 Å². The molecule has 1 aromatic rings. The summed E-state index contributed by atoms with van der Waals surface area (Å²) >= 11 is 0. The van der Waals surface area contributed by atoms with Crippen LogP contribution in [0.2, 0.25) is 0 Å². The molecule has 106 valence electrons. The van der Waals surface area contributed by atoms with Gasteiger partial charge in [0, 0.05) is 17.5 Å². The maximum Gasteiger partial charge on any atom is 0.224 e. The fourth-order valence-electron chi connectivity index (χ4n) is 3.56. The zero-order chi connectivity index (χ0) is 14.2. The minimum atomic E-state index is -0.0487. The highest BCUT2D eigenvalue weighted by Gasteiger charge is 2.69. The molecule has 0 radical (unpaired) electrons. The lowest BCUT2D eigenvalue weighted by Gasteiger charge is -2.70. The lowest BCUT2D eigenvalue weighted by molar-refractivity contribution is -0.149. The van der Waals surface area contributed by atoms with E-state index in [1.807, 2.05) is 37.3 Å². The summed E-state index contributed by atoms with van der Waals surface area (Å²) in [4.78, 5) is 23.4. The van der Waals surface area contributed by atoms with Crippen molar-refractivity contribution in [3.8, 4) is 0 Å². The predicted octanol–water partition coefficient (Wildman–Crippen LogP) is 1.55. The van der Waals surface area contributed by atoms with Crippen molar-refractivity contribution in [3.05, 3.63) is 35.9 Å². The summed E-state index contributed by atoms with van der Waals surface area (Å²) in [5, 5.41) is 6.20. The third kappa shape index (κ3) is 2.30. The van der Waals surface area contributed by atoms with Crippen LogP contribution in [-0.2, 0) is 16.0 Å². The monoisotopic (exact) mass is 272 g/mol.